The van der Waals surface area contributed by atoms with E-state index < -0.39 is 5.91 Å². The molecule has 2 amide bonds. The summed E-state index contributed by atoms with van der Waals surface area (Å²) in [6.45, 7) is -0.0182. The number of rotatable bonds is 9. The van der Waals surface area contributed by atoms with Gasteiger partial charge in [-0.2, -0.15) is 9.97 Å². The smallest absolute Gasteiger partial charge is 0.328 e. The summed E-state index contributed by atoms with van der Waals surface area (Å²) in [5.74, 6) is -0.0531. The number of nitrogens with two attached hydrogens (primary N) is 1. The third-order valence-electron chi connectivity index (χ3n) is 5.82. The van der Waals surface area contributed by atoms with Gasteiger partial charge in [0.15, 0.2) is 23.8 Å². The van der Waals surface area contributed by atoms with E-state index in [1.807, 2.05) is 30.3 Å². The van der Waals surface area contributed by atoms with E-state index in [0.717, 1.165) is 5.56 Å². The molecule has 1 aliphatic heterocycles. The van der Waals surface area contributed by atoms with E-state index in [0.29, 0.717) is 22.6 Å². The fraction of sp³-hybridized carbons (Fsp3) is 0.138. The first kappa shape index (κ1) is 26.9. The highest BCUT2D eigenvalue weighted by Gasteiger charge is 2.27. The minimum absolute atomic E-state index is 0.0274. The van der Waals surface area contributed by atoms with Crippen LogP contribution in [0.1, 0.15) is 21.5 Å². The molecule has 1 aliphatic rings. The van der Waals surface area contributed by atoms with Crippen molar-refractivity contribution in [3.8, 4) is 35.0 Å². The van der Waals surface area contributed by atoms with E-state index in [4.69, 9.17) is 30.1 Å². The summed E-state index contributed by atoms with van der Waals surface area (Å²) in [6.07, 6.45) is 0. The van der Waals surface area contributed by atoms with Gasteiger partial charge in [-0.1, -0.05) is 36.4 Å². The third kappa shape index (κ3) is 6.33. The summed E-state index contributed by atoms with van der Waals surface area (Å²) in [4.78, 5) is 34.6. The number of nitrogens with one attached hydrogen (secondary N) is 2. The molecule has 3 aromatic carbocycles. The van der Waals surface area contributed by atoms with Crippen molar-refractivity contribution in [3.63, 3.8) is 0 Å². The molecular formula is C29H26N6O6. The second-order valence-corrected chi connectivity index (χ2v) is 9.11. The minimum Gasteiger partial charge on any atom is -0.485 e. The van der Waals surface area contributed by atoms with Crippen LogP contribution in [0.25, 0.3) is 0 Å². The summed E-state index contributed by atoms with van der Waals surface area (Å²) in [5, 5.41) is 10.5. The molecule has 0 unspecified atom stereocenters. The molecule has 0 atom stereocenters. The molecule has 5 rings (SSSR count). The fourth-order valence-corrected chi connectivity index (χ4v) is 3.81. The molecule has 1 aromatic heterocycles. The molecular weight excluding hydrogens is 528 g/mol. The first-order valence-corrected chi connectivity index (χ1v) is 12.4. The Bertz CT molecular complexity index is 1630. The number of fused-ring (bicyclic) bond motifs is 1. The molecule has 4 aromatic rings. The molecule has 0 aliphatic carbocycles. The van der Waals surface area contributed by atoms with Gasteiger partial charge >= 0.3 is 6.01 Å². The summed E-state index contributed by atoms with van der Waals surface area (Å²) in [7, 11) is 3.30. The van der Waals surface area contributed by atoms with Gasteiger partial charge in [-0.3, -0.25) is 15.0 Å². The van der Waals surface area contributed by atoms with Crippen LogP contribution in [0.2, 0.25) is 0 Å². The quantitative estimate of drug-likeness (QED) is 0.205. The van der Waals surface area contributed by atoms with Gasteiger partial charge in [0.05, 0.1) is 0 Å². The van der Waals surface area contributed by atoms with Crippen molar-refractivity contribution < 1.29 is 28.5 Å². The van der Waals surface area contributed by atoms with Crippen LogP contribution >= 0.6 is 0 Å². The zero-order chi connectivity index (χ0) is 28.9. The summed E-state index contributed by atoms with van der Waals surface area (Å²) in [5.41, 5.74) is 7.53. The van der Waals surface area contributed by atoms with Gasteiger partial charge in [0.2, 0.25) is 5.88 Å². The normalized spacial score (nSPS) is 11.9. The Morgan fingerprint density at radius 3 is 2.56 bits per heavy atom. The van der Waals surface area contributed by atoms with Crippen LogP contribution in [0, 0.1) is 5.41 Å². The first-order chi connectivity index (χ1) is 19.8. The van der Waals surface area contributed by atoms with Gasteiger partial charge in [-0.25, -0.2) is 0 Å². The lowest BCUT2D eigenvalue weighted by molar-refractivity contribution is -0.118. The Labute approximate surface area is 235 Å². The lowest BCUT2D eigenvalue weighted by Crippen LogP contribution is -2.26. The van der Waals surface area contributed by atoms with E-state index in [1.54, 1.807) is 50.5 Å². The maximum Gasteiger partial charge on any atom is 0.328 e. The number of nitrogen functional groups attached to an aromatic ring is 1. The standard InChI is InChI=1S/C29H26N6O6/c1-35(2)28(37)19-9-6-10-20(13-19)40-29-33-26-24(32-23(36)16-39-26)27(34-29)41-22-14-18(25(30)31)11-12-21(22)38-15-17-7-4-3-5-8-17/h3-14H,15-16H2,1-2H3,(H3,30,31)(H,32,36). The van der Waals surface area contributed by atoms with Gasteiger partial charge < -0.3 is 34.9 Å². The molecule has 0 bridgehead atoms. The molecule has 0 saturated carbocycles. The molecule has 4 N–H and O–H groups in total. The Morgan fingerprint density at radius 2 is 1.80 bits per heavy atom. The zero-order valence-electron chi connectivity index (χ0n) is 22.2. The fourth-order valence-electron chi connectivity index (χ4n) is 3.81. The van der Waals surface area contributed by atoms with Crippen LogP contribution in [0.15, 0.2) is 72.8 Å². The molecule has 41 heavy (non-hydrogen) atoms. The lowest BCUT2D eigenvalue weighted by Gasteiger charge is -2.21. The molecule has 12 heteroatoms. The van der Waals surface area contributed by atoms with Crippen molar-refractivity contribution >= 4 is 23.3 Å². The monoisotopic (exact) mass is 554 g/mol. The number of amidine groups is 1. The Balaban J connectivity index is 1.50. The number of carbonyl (C=O) groups excluding carboxylic acids is 2. The number of anilines is 1. The molecule has 0 saturated heterocycles. The number of nitrogens with zero attached hydrogens (tertiary/aromatic N) is 3. The van der Waals surface area contributed by atoms with E-state index in [2.05, 4.69) is 15.3 Å². The topological polar surface area (TPSA) is 162 Å². The second kappa shape index (κ2) is 11.6. The van der Waals surface area contributed by atoms with E-state index in [9.17, 15) is 9.59 Å². The summed E-state index contributed by atoms with van der Waals surface area (Å²) >= 11 is 0. The van der Waals surface area contributed by atoms with E-state index >= 15 is 0 Å². The average molecular weight is 555 g/mol. The molecule has 0 radical (unpaired) electrons. The predicted octanol–water partition coefficient (Wildman–Crippen LogP) is 3.96. The molecule has 0 fully saturated rings. The number of carbonyl (C=O) groups is 2. The molecule has 0 spiro atoms. The van der Waals surface area contributed by atoms with Gasteiger partial charge in [-0.05, 0) is 42.0 Å². The minimum atomic E-state index is -0.424. The zero-order valence-corrected chi connectivity index (χ0v) is 22.2. The number of hydrogen-bond acceptors (Lipinski definition) is 9. The Hall–Kier alpha value is -5.65. The van der Waals surface area contributed by atoms with Crippen molar-refractivity contribution in [2.75, 3.05) is 26.0 Å². The molecule has 12 nitrogen and oxygen atoms in total. The number of ether oxygens (including phenoxy) is 4. The van der Waals surface area contributed by atoms with Gasteiger partial charge in [-0.15, -0.1) is 0 Å². The Morgan fingerprint density at radius 1 is 1.00 bits per heavy atom. The van der Waals surface area contributed by atoms with Crippen LogP contribution in [0.4, 0.5) is 5.69 Å². The highest BCUT2D eigenvalue weighted by Crippen LogP contribution is 2.41. The number of amides is 2. The number of benzene rings is 3. The van der Waals surface area contributed by atoms with Crippen molar-refractivity contribution in [1.82, 2.24) is 14.9 Å². The average Bonchev–Trinajstić information content (AvgIpc) is 2.97. The maximum absolute atomic E-state index is 12.4. The van der Waals surface area contributed by atoms with Crippen LogP contribution in [0.3, 0.4) is 0 Å². The lowest BCUT2D eigenvalue weighted by atomic mass is 10.2. The van der Waals surface area contributed by atoms with Crippen molar-refractivity contribution in [2.45, 2.75) is 6.61 Å². The third-order valence-corrected chi connectivity index (χ3v) is 5.82. The number of hydrogen-bond donors (Lipinski definition) is 3. The molecule has 208 valence electrons. The first-order valence-electron chi connectivity index (χ1n) is 12.4. The van der Waals surface area contributed by atoms with Crippen LogP contribution in [0.5, 0.6) is 35.0 Å². The number of aromatic nitrogens is 2. The van der Waals surface area contributed by atoms with Crippen molar-refractivity contribution in [3.05, 3.63) is 89.5 Å². The summed E-state index contributed by atoms with van der Waals surface area (Å²) in [6, 6.07) is 20.7. The Kier molecular flexibility index (Phi) is 7.63. The predicted molar refractivity (Wildman–Crippen MR) is 149 cm³/mol. The largest absolute Gasteiger partial charge is 0.485 e. The summed E-state index contributed by atoms with van der Waals surface area (Å²) < 4.78 is 23.5. The van der Waals surface area contributed by atoms with Gasteiger partial charge in [0.25, 0.3) is 17.7 Å². The van der Waals surface area contributed by atoms with E-state index in [1.165, 1.54) is 11.0 Å². The van der Waals surface area contributed by atoms with E-state index in [-0.39, 0.29) is 54.2 Å². The maximum atomic E-state index is 12.4. The van der Waals surface area contributed by atoms with Gasteiger partial charge in [0, 0.05) is 25.2 Å². The second-order valence-electron chi connectivity index (χ2n) is 9.11. The highest BCUT2D eigenvalue weighted by atomic mass is 16.5. The van der Waals surface area contributed by atoms with Crippen molar-refractivity contribution in [1.29, 1.82) is 5.41 Å². The van der Waals surface area contributed by atoms with Crippen LogP contribution < -0.4 is 30.0 Å². The molecule has 2 heterocycles. The van der Waals surface area contributed by atoms with Crippen LogP contribution in [-0.4, -0.2) is 53.2 Å². The van der Waals surface area contributed by atoms with Crippen LogP contribution in [-0.2, 0) is 11.4 Å². The van der Waals surface area contributed by atoms with Crippen molar-refractivity contribution in [2.24, 2.45) is 5.73 Å². The highest BCUT2D eigenvalue weighted by molar-refractivity contribution is 5.97. The van der Waals surface area contributed by atoms with Gasteiger partial charge in [0.1, 0.15) is 18.2 Å². The SMILES string of the molecule is CN(C)C(=O)c1cccc(Oc2nc3c(c(Oc4cc(C(=N)N)ccc4OCc4ccccc4)n2)NC(=O)CO3)c1.